The average molecular weight is 634 g/mol. The molecular formula is C35H71NO6S. The van der Waals surface area contributed by atoms with Gasteiger partial charge in [-0.25, -0.2) is 0 Å². The molecule has 7 nitrogen and oxygen atoms in total. The third kappa shape index (κ3) is 29.8. The summed E-state index contributed by atoms with van der Waals surface area (Å²) in [4.78, 5) is 12.5. The quantitative estimate of drug-likeness (QED) is 0.0422. The molecular weight excluding hydrogens is 562 g/mol. The number of carbonyl (C=O) groups is 1. The molecule has 0 aromatic heterocycles. The fraction of sp³-hybridized carbons (Fsp3) is 0.971. The lowest BCUT2D eigenvalue weighted by atomic mass is 10.0. The third-order valence-electron chi connectivity index (χ3n) is 8.67. The molecule has 1 amide bonds. The number of carbonyl (C=O) groups excluding carboxylic acids is 1. The van der Waals surface area contributed by atoms with Crippen molar-refractivity contribution >= 4 is 16.0 Å². The van der Waals surface area contributed by atoms with Gasteiger partial charge in [0, 0.05) is 0 Å². The molecule has 0 saturated heterocycles. The molecule has 258 valence electrons. The van der Waals surface area contributed by atoms with Crippen LogP contribution in [-0.4, -0.2) is 53.1 Å². The van der Waals surface area contributed by atoms with Gasteiger partial charge in [-0.15, -0.1) is 0 Å². The van der Waals surface area contributed by atoms with Crippen LogP contribution >= 0.6 is 0 Å². The Kier molecular flexibility index (Phi) is 29.5. The topological polar surface area (TPSA) is 124 Å². The van der Waals surface area contributed by atoms with E-state index in [-0.39, 0.29) is 0 Å². The first-order valence-electron chi connectivity index (χ1n) is 18.3. The highest BCUT2D eigenvalue weighted by molar-refractivity contribution is 7.85. The van der Waals surface area contributed by atoms with E-state index in [1.165, 1.54) is 116 Å². The molecule has 0 spiro atoms. The van der Waals surface area contributed by atoms with Crippen LogP contribution in [0.25, 0.3) is 0 Å². The summed E-state index contributed by atoms with van der Waals surface area (Å²) in [5, 5.41) is 23.2. The minimum atomic E-state index is -4.38. The van der Waals surface area contributed by atoms with Crippen LogP contribution in [0.5, 0.6) is 0 Å². The van der Waals surface area contributed by atoms with Gasteiger partial charge in [-0.3, -0.25) is 9.35 Å². The van der Waals surface area contributed by atoms with Crippen molar-refractivity contribution < 1.29 is 28.0 Å². The standard InChI is InChI=1S/C35H71NO6S/c1-3-5-7-9-10-11-12-13-14-15-16-17-18-19-20-21-22-23-24-26-28-30-34(38)35(39)36-32(31-43(40,41)42)33(37)29-27-25-8-6-4-2/h32-34,37-38H,3-31H2,1-2H3,(H,36,39)(H,40,41,42). The fourth-order valence-electron chi connectivity index (χ4n) is 5.81. The number of hydrogen-bond donors (Lipinski definition) is 4. The van der Waals surface area contributed by atoms with Crippen LogP contribution in [-0.2, 0) is 14.9 Å². The van der Waals surface area contributed by atoms with E-state index >= 15 is 0 Å². The van der Waals surface area contributed by atoms with Crippen molar-refractivity contribution in [1.82, 2.24) is 5.32 Å². The zero-order chi connectivity index (χ0) is 32.0. The molecule has 0 radical (unpaired) electrons. The van der Waals surface area contributed by atoms with Gasteiger partial charge in [0.05, 0.1) is 17.9 Å². The summed E-state index contributed by atoms with van der Waals surface area (Å²) in [6.07, 6.45) is 30.4. The Morgan fingerprint density at radius 3 is 1.16 bits per heavy atom. The lowest BCUT2D eigenvalue weighted by Gasteiger charge is -2.24. The van der Waals surface area contributed by atoms with E-state index in [9.17, 15) is 28.0 Å². The largest absolute Gasteiger partial charge is 0.391 e. The van der Waals surface area contributed by atoms with E-state index in [1.807, 2.05) is 0 Å². The average Bonchev–Trinajstić information content (AvgIpc) is 2.96. The summed E-state index contributed by atoms with van der Waals surface area (Å²) >= 11 is 0. The maximum absolute atomic E-state index is 12.5. The van der Waals surface area contributed by atoms with Crippen LogP contribution in [0.2, 0.25) is 0 Å². The van der Waals surface area contributed by atoms with Gasteiger partial charge < -0.3 is 15.5 Å². The van der Waals surface area contributed by atoms with Crippen molar-refractivity contribution in [1.29, 1.82) is 0 Å². The lowest BCUT2D eigenvalue weighted by molar-refractivity contribution is -0.131. The van der Waals surface area contributed by atoms with Gasteiger partial charge in [-0.1, -0.05) is 181 Å². The Labute approximate surface area is 266 Å². The minimum absolute atomic E-state index is 0.302. The second-order valence-corrected chi connectivity index (χ2v) is 14.5. The van der Waals surface area contributed by atoms with E-state index in [0.717, 1.165) is 44.9 Å². The first-order valence-corrected chi connectivity index (χ1v) is 19.9. The molecule has 0 aromatic carbocycles. The van der Waals surface area contributed by atoms with Crippen molar-refractivity contribution in [3.05, 3.63) is 0 Å². The van der Waals surface area contributed by atoms with E-state index in [2.05, 4.69) is 19.2 Å². The van der Waals surface area contributed by atoms with Crippen molar-refractivity contribution in [3.63, 3.8) is 0 Å². The molecule has 0 saturated carbocycles. The molecule has 8 heteroatoms. The number of rotatable bonds is 33. The zero-order valence-electron chi connectivity index (χ0n) is 28.2. The summed E-state index contributed by atoms with van der Waals surface area (Å²) in [5.74, 6) is -1.45. The Morgan fingerprint density at radius 1 is 0.535 bits per heavy atom. The second kappa shape index (κ2) is 30.0. The Hall–Kier alpha value is -0.700. The Bertz CT molecular complexity index is 717. The number of nitrogens with one attached hydrogen (secondary N) is 1. The number of aliphatic hydroxyl groups excluding tert-OH is 2. The molecule has 43 heavy (non-hydrogen) atoms. The molecule has 0 aliphatic rings. The smallest absolute Gasteiger partial charge is 0.266 e. The van der Waals surface area contributed by atoms with Crippen molar-refractivity contribution in [2.45, 2.75) is 212 Å². The molecule has 0 heterocycles. The van der Waals surface area contributed by atoms with Crippen LogP contribution < -0.4 is 5.32 Å². The molecule has 0 rings (SSSR count). The molecule has 3 unspecified atom stereocenters. The third-order valence-corrected chi connectivity index (χ3v) is 9.45. The highest BCUT2D eigenvalue weighted by Crippen LogP contribution is 2.16. The van der Waals surface area contributed by atoms with Gasteiger partial charge in [0.2, 0.25) is 5.91 Å². The number of hydrogen-bond acceptors (Lipinski definition) is 5. The molecule has 0 fully saturated rings. The first-order chi connectivity index (χ1) is 20.7. The zero-order valence-corrected chi connectivity index (χ0v) is 29.0. The van der Waals surface area contributed by atoms with E-state index in [1.54, 1.807) is 0 Å². The number of amides is 1. The van der Waals surface area contributed by atoms with Gasteiger partial charge in [-0.2, -0.15) is 8.42 Å². The maximum Gasteiger partial charge on any atom is 0.266 e. The van der Waals surface area contributed by atoms with Gasteiger partial charge in [0.1, 0.15) is 6.10 Å². The summed E-state index contributed by atoms with van der Waals surface area (Å²) in [6, 6.07) is -1.14. The molecule has 0 bridgehead atoms. The van der Waals surface area contributed by atoms with Gasteiger partial charge >= 0.3 is 0 Å². The number of unbranched alkanes of at least 4 members (excludes halogenated alkanes) is 24. The van der Waals surface area contributed by atoms with Gasteiger partial charge in [0.25, 0.3) is 10.1 Å². The van der Waals surface area contributed by atoms with Gasteiger partial charge in [0.15, 0.2) is 0 Å². The summed E-state index contributed by atoms with van der Waals surface area (Å²) < 4.78 is 32.1. The molecule has 0 aliphatic heterocycles. The van der Waals surface area contributed by atoms with Crippen LogP contribution in [0.3, 0.4) is 0 Å². The van der Waals surface area contributed by atoms with Crippen molar-refractivity contribution in [2.75, 3.05) is 5.75 Å². The Balaban J connectivity index is 3.76. The minimum Gasteiger partial charge on any atom is -0.391 e. The maximum atomic E-state index is 12.5. The van der Waals surface area contributed by atoms with E-state index in [0.29, 0.717) is 19.3 Å². The summed E-state index contributed by atoms with van der Waals surface area (Å²) in [5.41, 5.74) is 0. The van der Waals surface area contributed by atoms with Crippen molar-refractivity contribution in [3.8, 4) is 0 Å². The predicted molar refractivity (Wildman–Crippen MR) is 181 cm³/mol. The highest BCUT2D eigenvalue weighted by Gasteiger charge is 2.28. The van der Waals surface area contributed by atoms with E-state index in [4.69, 9.17) is 0 Å². The van der Waals surface area contributed by atoms with E-state index < -0.39 is 40.0 Å². The Morgan fingerprint density at radius 2 is 0.837 bits per heavy atom. The second-order valence-electron chi connectivity index (χ2n) is 13.0. The normalized spacial score (nSPS) is 14.1. The molecule has 0 aliphatic carbocycles. The van der Waals surface area contributed by atoms with Gasteiger partial charge in [-0.05, 0) is 12.8 Å². The van der Waals surface area contributed by atoms with Crippen molar-refractivity contribution in [2.24, 2.45) is 0 Å². The summed E-state index contributed by atoms with van der Waals surface area (Å²) in [7, 11) is -4.38. The summed E-state index contributed by atoms with van der Waals surface area (Å²) in [6.45, 7) is 4.39. The monoisotopic (exact) mass is 634 g/mol. The highest BCUT2D eigenvalue weighted by atomic mass is 32.2. The first kappa shape index (κ1) is 42.3. The van der Waals surface area contributed by atoms with Crippen LogP contribution in [0, 0.1) is 0 Å². The predicted octanol–water partition coefficient (Wildman–Crippen LogP) is 9.04. The van der Waals surface area contributed by atoms with Crippen LogP contribution in [0.1, 0.15) is 194 Å². The SMILES string of the molecule is CCCCCCCCCCCCCCCCCCCCCCCC(O)C(=O)NC(CS(=O)(=O)O)C(O)CCCCCCC. The fourth-order valence-corrected chi connectivity index (χ4v) is 6.57. The molecule has 0 aromatic rings. The molecule has 3 atom stereocenters. The van der Waals surface area contributed by atoms with Crippen LogP contribution in [0.4, 0.5) is 0 Å². The molecule has 4 N–H and O–H groups in total. The lowest BCUT2D eigenvalue weighted by Crippen LogP contribution is -2.50. The van der Waals surface area contributed by atoms with Crippen LogP contribution in [0.15, 0.2) is 0 Å². The number of aliphatic hydroxyl groups is 2.